The topological polar surface area (TPSA) is 93.9 Å². The number of nitro groups is 1. The number of benzene rings is 1. The van der Waals surface area contributed by atoms with Crippen LogP contribution in [0, 0.1) is 22.9 Å². The maximum absolute atomic E-state index is 13.8. The molecule has 2 aromatic heterocycles. The predicted molar refractivity (Wildman–Crippen MR) is 71.8 cm³/mol. The third kappa shape index (κ3) is 2.38. The average molecular weight is 288 g/mol. The van der Waals surface area contributed by atoms with Gasteiger partial charge in [0.1, 0.15) is 12.0 Å². The molecule has 1 aromatic carbocycles. The second-order valence-corrected chi connectivity index (χ2v) is 4.37. The molecule has 0 amide bonds. The number of nitrogens with one attached hydrogen (secondary N) is 1. The Kier molecular flexibility index (Phi) is 2.98. The molecule has 0 bridgehead atoms. The fourth-order valence-corrected chi connectivity index (χ4v) is 1.92. The molecule has 0 saturated carbocycles. The number of nitro benzene ring substituents is 1. The van der Waals surface area contributed by atoms with Crippen LogP contribution in [0.1, 0.15) is 5.69 Å². The highest BCUT2D eigenvalue weighted by atomic mass is 19.1. The molecule has 7 nitrogen and oxygen atoms in total. The van der Waals surface area contributed by atoms with E-state index in [1.165, 1.54) is 18.5 Å². The van der Waals surface area contributed by atoms with Crippen molar-refractivity contribution in [2.75, 3.05) is 0 Å². The van der Waals surface area contributed by atoms with Crippen LogP contribution in [0.5, 0.6) is 11.6 Å². The van der Waals surface area contributed by atoms with Gasteiger partial charge in [-0.2, -0.15) is 0 Å². The van der Waals surface area contributed by atoms with Crippen molar-refractivity contribution in [3.8, 4) is 11.6 Å². The second kappa shape index (κ2) is 4.82. The van der Waals surface area contributed by atoms with Crippen molar-refractivity contribution in [3.05, 3.63) is 52.2 Å². The molecule has 0 atom stereocenters. The van der Waals surface area contributed by atoms with Crippen LogP contribution in [0.3, 0.4) is 0 Å². The molecular weight excluding hydrogens is 279 g/mol. The average Bonchev–Trinajstić information content (AvgIpc) is 2.82. The summed E-state index contributed by atoms with van der Waals surface area (Å²) in [6, 6.07) is 4.93. The Labute approximate surface area is 117 Å². The summed E-state index contributed by atoms with van der Waals surface area (Å²) in [5, 5.41) is 11.2. The third-order valence-electron chi connectivity index (χ3n) is 2.86. The van der Waals surface area contributed by atoms with Gasteiger partial charge in [-0.3, -0.25) is 10.1 Å². The van der Waals surface area contributed by atoms with E-state index in [0.29, 0.717) is 11.0 Å². The highest BCUT2D eigenvalue weighted by molar-refractivity contribution is 5.81. The normalized spacial score (nSPS) is 10.8. The smallest absolute Gasteiger partial charge is 0.272 e. The van der Waals surface area contributed by atoms with Crippen molar-refractivity contribution in [1.29, 1.82) is 0 Å². The van der Waals surface area contributed by atoms with Crippen molar-refractivity contribution < 1.29 is 14.1 Å². The number of halogens is 1. The van der Waals surface area contributed by atoms with E-state index < -0.39 is 10.7 Å². The predicted octanol–water partition coefficient (Wildman–Crippen LogP) is 3.11. The Morgan fingerprint density at radius 1 is 1.33 bits per heavy atom. The molecule has 1 N–H and O–H groups in total. The Hall–Kier alpha value is -3.03. The number of fused-ring (bicyclic) bond motifs is 1. The summed E-state index contributed by atoms with van der Waals surface area (Å²) in [5.74, 6) is -0.792. The molecule has 0 spiro atoms. The second-order valence-electron chi connectivity index (χ2n) is 4.37. The van der Waals surface area contributed by atoms with E-state index in [9.17, 15) is 14.5 Å². The van der Waals surface area contributed by atoms with Crippen molar-refractivity contribution in [2.24, 2.45) is 0 Å². The number of hydrogen-bond donors (Lipinski definition) is 1. The molecule has 0 radical (unpaired) electrons. The number of aryl methyl sites for hydroxylation is 1. The molecule has 3 rings (SSSR count). The van der Waals surface area contributed by atoms with Gasteiger partial charge in [0, 0.05) is 11.8 Å². The Balaban J connectivity index is 2.00. The lowest BCUT2D eigenvalue weighted by Gasteiger charge is -2.06. The van der Waals surface area contributed by atoms with E-state index in [1.54, 1.807) is 6.07 Å². The molecule has 8 heteroatoms. The van der Waals surface area contributed by atoms with Gasteiger partial charge in [0.25, 0.3) is 5.69 Å². The molecule has 0 fully saturated rings. The lowest BCUT2D eigenvalue weighted by molar-refractivity contribution is -0.385. The molecule has 2 heterocycles. The first-order valence-corrected chi connectivity index (χ1v) is 5.96. The van der Waals surface area contributed by atoms with Gasteiger partial charge in [-0.25, -0.2) is 14.4 Å². The van der Waals surface area contributed by atoms with Crippen molar-refractivity contribution in [2.45, 2.75) is 6.92 Å². The van der Waals surface area contributed by atoms with Crippen molar-refractivity contribution >= 4 is 16.7 Å². The van der Waals surface area contributed by atoms with Gasteiger partial charge in [-0.1, -0.05) is 0 Å². The van der Waals surface area contributed by atoms with E-state index >= 15 is 0 Å². The van der Waals surface area contributed by atoms with Gasteiger partial charge >= 0.3 is 0 Å². The monoisotopic (exact) mass is 288 g/mol. The zero-order chi connectivity index (χ0) is 15.0. The van der Waals surface area contributed by atoms with Crippen LogP contribution >= 0.6 is 0 Å². The Morgan fingerprint density at radius 3 is 2.86 bits per heavy atom. The maximum atomic E-state index is 13.8. The lowest BCUT2D eigenvalue weighted by atomic mass is 10.3. The van der Waals surface area contributed by atoms with E-state index in [1.807, 2.05) is 6.92 Å². The zero-order valence-corrected chi connectivity index (χ0v) is 10.8. The van der Waals surface area contributed by atoms with Crippen LogP contribution in [0.2, 0.25) is 0 Å². The third-order valence-corrected chi connectivity index (χ3v) is 2.86. The lowest BCUT2D eigenvalue weighted by Crippen LogP contribution is -1.94. The highest BCUT2D eigenvalue weighted by Gasteiger charge is 2.14. The van der Waals surface area contributed by atoms with Gasteiger partial charge in [0.05, 0.1) is 16.4 Å². The summed E-state index contributed by atoms with van der Waals surface area (Å²) in [6.07, 6.45) is 1.29. The highest BCUT2D eigenvalue weighted by Crippen LogP contribution is 2.30. The first kappa shape index (κ1) is 13.0. The van der Waals surface area contributed by atoms with E-state index in [-0.39, 0.29) is 17.3 Å². The number of non-ortho nitro benzene ring substituents is 1. The van der Waals surface area contributed by atoms with Gasteiger partial charge in [0.2, 0.25) is 5.88 Å². The van der Waals surface area contributed by atoms with E-state index in [4.69, 9.17) is 4.74 Å². The number of rotatable bonds is 3. The molecule has 0 aliphatic heterocycles. The SMILES string of the molecule is Cc1cc2c(Oc3ccc([N+](=O)[O-])cc3F)ncnc2[nH]1. The fourth-order valence-electron chi connectivity index (χ4n) is 1.92. The summed E-state index contributed by atoms with van der Waals surface area (Å²) in [6.45, 7) is 1.85. The van der Waals surface area contributed by atoms with Gasteiger partial charge in [-0.05, 0) is 19.1 Å². The molecular formula is C13H9FN4O3. The summed E-state index contributed by atoms with van der Waals surface area (Å²) in [5.41, 5.74) is 1.09. The number of ether oxygens (including phenoxy) is 1. The quantitative estimate of drug-likeness (QED) is 0.590. The number of H-pyrrole nitrogens is 1. The van der Waals surface area contributed by atoms with Crippen LogP contribution in [0.25, 0.3) is 11.0 Å². The minimum atomic E-state index is -0.830. The van der Waals surface area contributed by atoms with Crippen LogP contribution in [0.4, 0.5) is 10.1 Å². The van der Waals surface area contributed by atoms with Crippen molar-refractivity contribution in [3.63, 3.8) is 0 Å². The first-order chi connectivity index (χ1) is 10.0. The molecule has 0 aliphatic rings. The molecule has 0 unspecified atom stereocenters. The van der Waals surface area contributed by atoms with Crippen LogP contribution in [0.15, 0.2) is 30.6 Å². The van der Waals surface area contributed by atoms with Gasteiger partial charge in [0.15, 0.2) is 11.6 Å². The molecule has 0 saturated heterocycles. The van der Waals surface area contributed by atoms with Crippen LogP contribution in [-0.2, 0) is 0 Å². The molecule has 106 valence electrons. The standard InChI is InChI=1S/C13H9FN4O3/c1-7-4-9-12(17-7)15-6-16-13(9)21-11-3-2-8(18(19)20)5-10(11)14/h2-6H,1H3,(H,15,16,17). The zero-order valence-electron chi connectivity index (χ0n) is 10.8. The Morgan fingerprint density at radius 2 is 2.14 bits per heavy atom. The van der Waals surface area contributed by atoms with Crippen molar-refractivity contribution in [1.82, 2.24) is 15.0 Å². The summed E-state index contributed by atoms with van der Waals surface area (Å²) in [4.78, 5) is 20.9. The number of aromatic amines is 1. The minimum absolute atomic E-state index is 0.139. The number of hydrogen-bond acceptors (Lipinski definition) is 5. The number of nitrogens with zero attached hydrogens (tertiary/aromatic N) is 3. The van der Waals surface area contributed by atoms with Crippen LogP contribution in [-0.4, -0.2) is 19.9 Å². The van der Waals surface area contributed by atoms with Gasteiger partial charge < -0.3 is 9.72 Å². The Bertz CT molecular complexity index is 847. The summed E-state index contributed by atoms with van der Waals surface area (Å²) < 4.78 is 19.2. The summed E-state index contributed by atoms with van der Waals surface area (Å²) in [7, 11) is 0. The van der Waals surface area contributed by atoms with Crippen LogP contribution < -0.4 is 4.74 Å². The molecule has 21 heavy (non-hydrogen) atoms. The van der Waals surface area contributed by atoms with E-state index in [2.05, 4.69) is 15.0 Å². The molecule has 0 aliphatic carbocycles. The summed E-state index contributed by atoms with van der Waals surface area (Å²) >= 11 is 0. The van der Waals surface area contributed by atoms with Gasteiger partial charge in [-0.15, -0.1) is 0 Å². The molecule has 3 aromatic rings. The number of aromatic nitrogens is 3. The minimum Gasteiger partial charge on any atom is -0.435 e. The largest absolute Gasteiger partial charge is 0.435 e. The first-order valence-electron chi connectivity index (χ1n) is 5.96. The van der Waals surface area contributed by atoms with E-state index in [0.717, 1.165) is 11.8 Å². The fraction of sp³-hybridized carbons (Fsp3) is 0.0769. The maximum Gasteiger partial charge on any atom is 0.272 e.